The van der Waals surface area contributed by atoms with Gasteiger partial charge in [0.25, 0.3) is 0 Å². The molecule has 3 heteroatoms. The summed E-state index contributed by atoms with van der Waals surface area (Å²) in [6.45, 7) is 0.492. The number of hydrogen-bond acceptors (Lipinski definition) is 2. The molecule has 0 bridgehead atoms. The summed E-state index contributed by atoms with van der Waals surface area (Å²) in [7, 11) is 1.67. The molecule has 0 fully saturated rings. The van der Waals surface area contributed by atoms with Gasteiger partial charge in [0.1, 0.15) is 5.84 Å². The highest BCUT2D eigenvalue weighted by Crippen LogP contribution is 2.06. The summed E-state index contributed by atoms with van der Waals surface area (Å²) in [4.78, 5) is 3.91. The van der Waals surface area contributed by atoms with Gasteiger partial charge in [-0.25, -0.2) is 0 Å². The van der Waals surface area contributed by atoms with Crippen LogP contribution in [0.5, 0.6) is 0 Å². The third-order valence-electron chi connectivity index (χ3n) is 1.75. The molecule has 0 saturated heterocycles. The molecule has 0 aromatic heterocycles. The summed E-state index contributed by atoms with van der Waals surface area (Å²) < 4.78 is 0. The molecule has 64 valence electrons. The van der Waals surface area contributed by atoms with Crippen LogP contribution in [0.25, 0.3) is 0 Å². The highest BCUT2D eigenvalue weighted by atomic mass is 14.8. The van der Waals surface area contributed by atoms with Crippen LogP contribution in [0.3, 0.4) is 0 Å². The average molecular weight is 163 g/mol. The summed E-state index contributed by atoms with van der Waals surface area (Å²) in [6.07, 6.45) is 0. The highest BCUT2D eigenvalue weighted by molar-refractivity contribution is 5.98. The van der Waals surface area contributed by atoms with Gasteiger partial charge in [-0.05, 0) is 5.56 Å². The van der Waals surface area contributed by atoms with E-state index >= 15 is 0 Å². The number of rotatable bonds is 2. The quantitative estimate of drug-likeness (QED) is 0.492. The zero-order valence-corrected chi connectivity index (χ0v) is 7.12. The van der Waals surface area contributed by atoms with E-state index in [1.165, 1.54) is 0 Å². The van der Waals surface area contributed by atoms with E-state index in [2.05, 4.69) is 4.99 Å². The predicted molar refractivity (Wildman–Crippen MR) is 51.0 cm³/mol. The van der Waals surface area contributed by atoms with Crippen LogP contribution < -0.4 is 11.5 Å². The van der Waals surface area contributed by atoms with Crippen molar-refractivity contribution < 1.29 is 0 Å². The van der Waals surface area contributed by atoms with Crippen LogP contribution in [0.1, 0.15) is 11.1 Å². The number of nitrogens with zero attached hydrogens (tertiary/aromatic N) is 1. The molecule has 0 aliphatic heterocycles. The maximum atomic E-state index is 5.67. The Bertz CT molecular complexity index is 292. The van der Waals surface area contributed by atoms with Crippen molar-refractivity contribution in [3.05, 3.63) is 35.4 Å². The highest BCUT2D eigenvalue weighted by Gasteiger charge is 2.01. The average Bonchev–Trinajstić information content (AvgIpc) is 2.16. The smallest absolute Gasteiger partial charge is 0.125 e. The SMILES string of the molecule is CN=C(N)c1ccccc1CN. The standard InChI is InChI=1S/C9H13N3/c1-12-9(11)8-5-3-2-4-7(8)6-10/h2-5H,6,10H2,1H3,(H2,11,12). The minimum Gasteiger partial charge on any atom is -0.384 e. The summed E-state index contributed by atoms with van der Waals surface area (Å²) in [5.41, 5.74) is 13.2. The Kier molecular flexibility index (Phi) is 2.82. The fourth-order valence-electron chi connectivity index (χ4n) is 1.07. The normalized spacial score (nSPS) is 11.7. The fourth-order valence-corrected chi connectivity index (χ4v) is 1.07. The van der Waals surface area contributed by atoms with Crippen LogP contribution in [0, 0.1) is 0 Å². The van der Waals surface area contributed by atoms with Crippen molar-refractivity contribution in [1.82, 2.24) is 0 Å². The first-order valence-electron chi connectivity index (χ1n) is 3.80. The second-order valence-electron chi connectivity index (χ2n) is 2.47. The maximum absolute atomic E-state index is 5.67. The monoisotopic (exact) mass is 163 g/mol. The molecule has 1 aromatic carbocycles. The van der Waals surface area contributed by atoms with Gasteiger partial charge in [0, 0.05) is 19.2 Å². The van der Waals surface area contributed by atoms with E-state index in [4.69, 9.17) is 11.5 Å². The number of amidine groups is 1. The van der Waals surface area contributed by atoms with Crippen LogP contribution >= 0.6 is 0 Å². The van der Waals surface area contributed by atoms with E-state index in [9.17, 15) is 0 Å². The molecule has 0 saturated carbocycles. The Morgan fingerprint density at radius 2 is 2.08 bits per heavy atom. The van der Waals surface area contributed by atoms with Crippen molar-refractivity contribution >= 4 is 5.84 Å². The molecule has 1 rings (SSSR count). The third-order valence-corrected chi connectivity index (χ3v) is 1.75. The summed E-state index contributed by atoms with van der Waals surface area (Å²) in [5, 5.41) is 0. The van der Waals surface area contributed by atoms with Gasteiger partial charge >= 0.3 is 0 Å². The summed E-state index contributed by atoms with van der Waals surface area (Å²) >= 11 is 0. The van der Waals surface area contributed by atoms with Gasteiger partial charge in [-0.2, -0.15) is 0 Å². The lowest BCUT2D eigenvalue weighted by molar-refractivity contribution is 1.06. The Morgan fingerprint density at radius 3 is 2.67 bits per heavy atom. The Balaban J connectivity index is 3.13. The molecule has 0 spiro atoms. The van der Waals surface area contributed by atoms with E-state index in [1.54, 1.807) is 7.05 Å². The molecule has 3 nitrogen and oxygen atoms in total. The zero-order chi connectivity index (χ0) is 8.97. The van der Waals surface area contributed by atoms with Gasteiger partial charge < -0.3 is 11.5 Å². The lowest BCUT2D eigenvalue weighted by atomic mass is 10.1. The number of nitrogens with two attached hydrogens (primary N) is 2. The fraction of sp³-hybridized carbons (Fsp3) is 0.222. The molecule has 0 aliphatic carbocycles. The van der Waals surface area contributed by atoms with Crippen molar-refractivity contribution in [2.24, 2.45) is 16.5 Å². The second kappa shape index (κ2) is 3.88. The van der Waals surface area contributed by atoms with Gasteiger partial charge in [-0.3, -0.25) is 4.99 Å². The largest absolute Gasteiger partial charge is 0.384 e. The van der Waals surface area contributed by atoms with Crippen LogP contribution in [0.2, 0.25) is 0 Å². The Labute approximate surface area is 72.1 Å². The molecule has 0 amide bonds. The Morgan fingerprint density at radius 1 is 1.42 bits per heavy atom. The molecule has 4 N–H and O–H groups in total. The van der Waals surface area contributed by atoms with Crippen molar-refractivity contribution in [3.8, 4) is 0 Å². The van der Waals surface area contributed by atoms with E-state index in [0.29, 0.717) is 12.4 Å². The van der Waals surface area contributed by atoms with Gasteiger partial charge in [0.05, 0.1) is 0 Å². The number of benzene rings is 1. The van der Waals surface area contributed by atoms with Gasteiger partial charge in [0.2, 0.25) is 0 Å². The topological polar surface area (TPSA) is 64.4 Å². The molecule has 0 radical (unpaired) electrons. The zero-order valence-electron chi connectivity index (χ0n) is 7.12. The molecular weight excluding hydrogens is 150 g/mol. The Hall–Kier alpha value is -1.35. The van der Waals surface area contributed by atoms with Crippen molar-refractivity contribution in [1.29, 1.82) is 0 Å². The molecule has 1 aromatic rings. The van der Waals surface area contributed by atoms with Crippen LogP contribution in [0.4, 0.5) is 0 Å². The molecule has 0 unspecified atom stereocenters. The lowest BCUT2D eigenvalue weighted by Crippen LogP contribution is -2.16. The minimum absolute atomic E-state index is 0.492. The van der Waals surface area contributed by atoms with E-state index in [1.807, 2.05) is 24.3 Å². The number of hydrogen-bond donors (Lipinski definition) is 2. The van der Waals surface area contributed by atoms with E-state index < -0.39 is 0 Å². The number of aliphatic imine (C=N–C) groups is 1. The van der Waals surface area contributed by atoms with Crippen molar-refractivity contribution in [2.75, 3.05) is 7.05 Å². The third kappa shape index (κ3) is 1.62. The molecular formula is C9H13N3. The summed E-state index contributed by atoms with van der Waals surface area (Å²) in [5.74, 6) is 0.538. The first kappa shape index (κ1) is 8.74. The van der Waals surface area contributed by atoms with Crippen LogP contribution in [-0.4, -0.2) is 12.9 Å². The van der Waals surface area contributed by atoms with Gasteiger partial charge in [-0.15, -0.1) is 0 Å². The van der Waals surface area contributed by atoms with Gasteiger partial charge in [-0.1, -0.05) is 24.3 Å². The van der Waals surface area contributed by atoms with Crippen molar-refractivity contribution in [2.45, 2.75) is 6.54 Å². The van der Waals surface area contributed by atoms with E-state index in [-0.39, 0.29) is 0 Å². The molecule has 0 aliphatic rings. The molecule has 0 heterocycles. The van der Waals surface area contributed by atoms with Crippen molar-refractivity contribution in [3.63, 3.8) is 0 Å². The summed E-state index contributed by atoms with van der Waals surface area (Å²) in [6, 6.07) is 7.74. The molecule has 0 atom stereocenters. The van der Waals surface area contributed by atoms with Crippen LogP contribution in [-0.2, 0) is 6.54 Å². The minimum atomic E-state index is 0.492. The van der Waals surface area contributed by atoms with E-state index in [0.717, 1.165) is 11.1 Å². The second-order valence-corrected chi connectivity index (χ2v) is 2.47. The molecule has 12 heavy (non-hydrogen) atoms. The first-order chi connectivity index (χ1) is 5.79. The van der Waals surface area contributed by atoms with Crippen LogP contribution in [0.15, 0.2) is 29.3 Å². The first-order valence-corrected chi connectivity index (χ1v) is 3.80. The maximum Gasteiger partial charge on any atom is 0.125 e. The van der Waals surface area contributed by atoms with Gasteiger partial charge in [0.15, 0.2) is 0 Å². The lowest BCUT2D eigenvalue weighted by Gasteiger charge is -2.05. The predicted octanol–water partition coefficient (Wildman–Crippen LogP) is 0.480.